The number of halogens is 3. The molecule has 0 unspecified atom stereocenters. The molecule has 0 fully saturated rings. The van der Waals surface area contributed by atoms with Crippen molar-refractivity contribution in [3.8, 4) is 17.2 Å². The van der Waals surface area contributed by atoms with Gasteiger partial charge < -0.3 is 14.6 Å². The molecule has 2 rings (SSSR count). The number of rotatable bonds is 6. The van der Waals surface area contributed by atoms with E-state index in [4.69, 9.17) is 9.47 Å². The third kappa shape index (κ3) is 5.46. The van der Waals surface area contributed by atoms with Gasteiger partial charge in [0.1, 0.15) is 5.75 Å². The molecule has 0 saturated carbocycles. The van der Waals surface area contributed by atoms with Gasteiger partial charge in [-0.25, -0.2) is 5.43 Å². The van der Waals surface area contributed by atoms with Gasteiger partial charge in [-0.3, -0.25) is 4.79 Å². The SMILES string of the molecule is COc1cc(/C=N/NC(=O)COc2c(C)cc(Br)cc2Br)cc(Br)c1O. The van der Waals surface area contributed by atoms with Crippen LogP contribution in [0.25, 0.3) is 0 Å². The first kappa shape index (κ1) is 20.7. The topological polar surface area (TPSA) is 80.2 Å². The highest BCUT2D eigenvalue weighted by Crippen LogP contribution is 2.34. The molecule has 0 heterocycles. The van der Waals surface area contributed by atoms with E-state index in [-0.39, 0.29) is 12.4 Å². The monoisotopic (exact) mass is 548 g/mol. The van der Waals surface area contributed by atoms with Gasteiger partial charge in [-0.2, -0.15) is 5.10 Å². The minimum Gasteiger partial charge on any atom is -0.503 e. The van der Waals surface area contributed by atoms with E-state index in [1.54, 1.807) is 12.1 Å². The normalized spacial score (nSPS) is 10.8. The maximum Gasteiger partial charge on any atom is 0.277 e. The van der Waals surface area contributed by atoms with Crippen LogP contribution in [0.2, 0.25) is 0 Å². The fourth-order valence-corrected chi connectivity index (χ4v) is 4.06. The lowest BCUT2D eigenvalue weighted by molar-refractivity contribution is -0.123. The predicted octanol–water partition coefficient (Wildman–Crippen LogP) is 4.53. The number of ether oxygens (including phenoxy) is 2. The van der Waals surface area contributed by atoms with E-state index in [1.165, 1.54) is 13.3 Å². The van der Waals surface area contributed by atoms with Crippen LogP contribution in [-0.4, -0.2) is 30.9 Å². The molecule has 0 aromatic heterocycles. The highest BCUT2D eigenvalue weighted by molar-refractivity contribution is 9.11. The number of nitrogens with one attached hydrogen (secondary N) is 1. The van der Waals surface area contributed by atoms with Crippen LogP contribution in [0, 0.1) is 6.92 Å². The molecule has 2 aromatic carbocycles. The fraction of sp³-hybridized carbons (Fsp3) is 0.176. The molecule has 9 heteroatoms. The third-order valence-electron chi connectivity index (χ3n) is 3.22. The van der Waals surface area contributed by atoms with Crippen LogP contribution in [0.1, 0.15) is 11.1 Å². The summed E-state index contributed by atoms with van der Waals surface area (Å²) in [6.07, 6.45) is 1.44. The van der Waals surface area contributed by atoms with E-state index in [1.807, 2.05) is 19.1 Å². The van der Waals surface area contributed by atoms with Crippen LogP contribution < -0.4 is 14.9 Å². The molecule has 0 atom stereocenters. The van der Waals surface area contributed by atoms with Crippen molar-refractivity contribution in [2.45, 2.75) is 6.92 Å². The van der Waals surface area contributed by atoms with Crippen LogP contribution in [0.4, 0.5) is 0 Å². The second-order valence-electron chi connectivity index (χ2n) is 5.17. The maximum absolute atomic E-state index is 11.9. The van der Waals surface area contributed by atoms with Gasteiger partial charge in [-0.15, -0.1) is 0 Å². The van der Waals surface area contributed by atoms with Crippen LogP contribution in [0.3, 0.4) is 0 Å². The van der Waals surface area contributed by atoms with Crippen LogP contribution in [-0.2, 0) is 4.79 Å². The summed E-state index contributed by atoms with van der Waals surface area (Å²) < 4.78 is 12.7. The van der Waals surface area contributed by atoms with E-state index < -0.39 is 5.91 Å². The van der Waals surface area contributed by atoms with E-state index in [0.29, 0.717) is 21.5 Å². The Morgan fingerprint density at radius 2 is 1.96 bits per heavy atom. The molecule has 0 aliphatic rings. The highest BCUT2D eigenvalue weighted by atomic mass is 79.9. The smallest absolute Gasteiger partial charge is 0.277 e. The minimum absolute atomic E-state index is 0.00229. The fourth-order valence-electron chi connectivity index (χ4n) is 2.04. The molecule has 0 aliphatic carbocycles. The first-order chi connectivity index (χ1) is 12.3. The molecule has 0 spiro atoms. The molecule has 2 aromatic rings. The summed E-state index contributed by atoms with van der Waals surface area (Å²) in [7, 11) is 1.45. The number of phenols is 1. The molecule has 0 aliphatic heterocycles. The molecule has 1 amide bonds. The van der Waals surface area contributed by atoms with Gasteiger partial charge in [0.25, 0.3) is 5.91 Å². The second-order valence-corrected chi connectivity index (χ2v) is 7.79. The number of carbonyl (C=O) groups is 1. The predicted molar refractivity (Wildman–Crippen MR) is 110 cm³/mol. The molecule has 0 bridgehead atoms. The van der Waals surface area contributed by atoms with Gasteiger partial charge in [0.15, 0.2) is 18.1 Å². The zero-order valence-corrected chi connectivity index (χ0v) is 18.6. The summed E-state index contributed by atoms with van der Waals surface area (Å²) in [5.41, 5.74) is 3.92. The number of aryl methyl sites for hydroxylation is 1. The van der Waals surface area contributed by atoms with Crippen LogP contribution in [0.5, 0.6) is 17.2 Å². The van der Waals surface area contributed by atoms with Crippen molar-refractivity contribution in [1.29, 1.82) is 0 Å². The van der Waals surface area contributed by atoms with Gasteiger partial charge in [0, 0.05) is 4.47 Å². The van der Waals surface area contributed by atoms with Crippen molar-refractivity contribution < 1.29 is 19.4 Å². The minimum atomic E-state index is -0.403. The average molecular weight is 551 g/mol. The lowest BCUT2D eigenvalue weighted by Crippen LogP contribution is -2.24. The first-order valence-electron chi connectivity index (χ1n) is 7.28. The maximum atomic E-state index is 11.9. The lowest BCUT2D eigenvalue weighted by Gasteiger charge is -2.11. The Morgan fingerprint density at radius 3 is 2.62 bits per heavy atom. The number of methoxy groups -OCH3 is 1. The number of phenolic OH excluding ortho intramolecular Hbond substituents is 1. The molecule has 6 nitrogen and oxygen atoms in total. The number of aromatic hydroxyl groups is 1. The summed E-state index contributed by atoms with van der Waals surface area (Å²) in [6, 6.07) is 6.97. The Kier molecular flexibility index (Phi) is 7.48. The molecule has 0 radical (unpaired) electrons. The molecule has 0 saturated heterocycles. The van der Waals surface area contributed by atoms with E-state index in [0.717, 1.165) is 14.5 Å². The summed E-state index contributed by atoms with van der Waals surface area (Å²) in [5, 5.41) is 13.6. The summed E-state index contributed by atoms with van der Waals surface area (Å²) in [5.74, 6) is 0.489. The standard InChI is InChI=1S/C17H15Br3N2O4/c1-9-3-11(18)6-13(20)17(9)26-8-15(23)22-21-7-10-4-12(19)16(24)14(5-10)25-2/h3-7,24H,8H2,1-2H3,(H,22,23)/b21-7+. The summed E-state index contributed by atoms with van der Waals surface area (Å²) >= 11 is 10.0. The molecule has 2 N–H and O–H groups in total. The Bertz CT molecular complexity index is 833. The van der Waals surface area contributed by atoms with Crippen molar-refractivity contribution in [3.63, 3.8) is 0 Å². The van der Waals surface area contributed by atoms with E-state index in [9.17, 15) is 9.90 Å². The van der Waals surface area contributed by atoms with Crippen molar-refractivity contribution in [2.75, 3.05) is 13.7 Å². The molecule has 138 valence electrons. The number of amides is 1. The van der Waals surface area contributed by atoms with Gasteiger partial charge >= 0.3 is 0 Å². The van der Waals surface area contributed by atoms with Crippen molar-refractivity contribution in [2.24, 2.45) is 5.10 Å². The summed E-state index contributed by atoms with van der Waals surface area (Å²) in [6.45, 7) is 1.71. The van der Waals surface area contributed by atoms with Gasteiger partial charge in [-0.05, 0) is 74.2 Å². The number of benzene rings is 2. The Balaban J connectivity index is 1.95. The largest absolute Gasteiger partial charge is 0.503 e. The number of nitrogens with zero attached hydrogens (tertiary/aromatic N) is 1. The quantitative estimate of drug-likeness (QED) is 0.409. The third-order valence-corrected chi connectivity index (χ3v) is 4.87. The van der Waals surface area contributed by atoms with Gasteiger partial charge in [-0.1, -0.05) is 15.9 Å². The Morgan fingerprint density at radius 1 is 1.23 bits per heavy atom. The number of carbonyl (C=O) groups excluding carboxylic acids is 1. The average Bonchev–Trinajstić information content (AvgIpc) is 2.56. The lowest BCUT2D eigenvalue weighted by atomic mass is 10.2. The number of hydrogen-bond acceptors (Lipinski definition) is 5. The van der Waals surface area contributed by atoms with Gasteiger partial charge in [0.2, 0.25) is 0 Å². The van der Waals surface area contributed by atoms with Crippen molar-refractivity contribution in [1.82, 2.24) is 5.43 Å². The number of hydrazone groups is 1. The van der Waals surface area contributed by atoms with Gasteiger partial charge in [0.05, 0.1) is 22.3 Å². The van der Waals surface area contributed by atoms with Crippen molar-refractivity contribution in [3.05, 3.63) is 48.8 Å². The summed E-state index contributed by atoms with van der Waals surface area (Å²) in [4.78, 5) is 11.9. The van der Waals surface area contributed by atoms with E-state index >= 15 is 0 Å². The van der Waals surface area contributed by atoms with Crippen molar-refractivity contribution >= 4 is 59.9 Å². The molecular formula is C17H15Br3N2O4. The Hall–Kier alpha value is -1.58. The molecule has 26 heavy (non-hydrogen) atoms. The van der Waals surface area contributed by atoms with Crippen LogP contribution in [0.15, 0.2) is 42.8 Å². The van der Waals surface area contributed by atoms with Crippen LogP contribution >= 0.6 is 47.8 Å². The highest BCUT2D eigenvalue weighted by Gasteiger charge is 2.10. The van der Waals surface area contributed by atoms with E-state index in [2.05, 4.69) is 58.3 Å². The zero-order valence-electron chi connectivity index (χ0n) is 13.8. The Labute approximate surface area is 176 Å². The first-order valence-corrected chi connectivity index (χ1v) is 9.66. The second kappa shape index (κ2) is 9.38. The zero-order chi connectivity index (χ0) is 19.3. The molecular weight excluding hydrogens is 536 g/mol. The number of hydrogen-bond donors (Lipinski definition) is 2.